The molecule has 0 spiro atoms. The first-order chi connectivity index (χ1) is 10.2. The van der Waals surface area contributed by atoms with E-state index in [2.05, 4.69) is 57.8 Å². The molecular weight excluding hydrogens is 348 g/mol. The number of aromatic nitrogens is 2. The van der Waals surface area contributed by atoms with Crippen molar-refractivity contribution in [2.45, 2.75) is 19.4 Å². The van der Waals surface area contributed by atoms with Gasteiger partial charge in [0.2, 0.25) is 0 Å². The SMILES string of the molecule is CC(c1ccccc1)n1c(CCCl)nc2ccc(Br)cc21. The summed E-state index contributed by atoms with van der Waals surface area (Å²) in [6.07, 6.45) is 0.769. The first-order valence-electron chi connectivity index (χ1n) is 6.98. The zero-order valence-corrected chi connectivity index (χ0v) is 14.1. The highest BCUT2D eigenvalue weighted by Gasteiger charge is 2.17. The minimum Gasteiger partial charge on any atom is -0.321 e. The molecule has 0 saturated carbocycles. The van der Waals surface area contributed by atoms with Crippen LogP contribution >= 0.6 is 27.5 Å². The molecule has 1 heterocycles. The first-order valence-corrected chi connectivity index (χ1v) is 8.30. The average Bonchev–Trinajstić information content (AvgIpc) is 2.85. The Bertz CT molecular complexity index is 752. The van der Waals surface area contributed by atoms with E-state index in [1.165, 1.54) is 5.56 Å². The van der Waals surface area contributed by atoms with E-state index in [1.807, 2.05) is 18.2 Å². The second kappa shape index (κ2) is 6.20. The zero-order valence-electron chi connectivity index (χ0n) is 11.8. The number of benzene rings is 2. The maximum Gasteiger partial charge on any atom is 0.111 e. The summed E-state index contributed by atoms with van der Waals surface area (Å²) in [7, 11) is 0. The summed E-state index contributed by atoms with van der Waals surface area (Å²) in [4.78, 5) is 4.75. The maximum atomic E-state index is 5.95. The molecule has 0 radical (unpaired) electrons. The number of rotatable bonds is 4. The van der Waals surface area contributed by atoms with Gasteiger partial charge < -0.3 is 4.57 Å². The van der Waals surface area contributed by atoms with Gasteiger partial charge in [0.1, 0.15) is 5.82 Å². The molecule has 0 bridgehead atoms. The first kappa shape index (κ1) is 14.6. The Morgan fingerprint density at radius 2 is 1.95 bits per heavy atom. The van der Waals surface area contributed by atoms with E-state index in [1.54, 1.807) is 0 Å². The molecular formula is C17H16BrClN2. The van der Waals surface area contributed by atoms with Crippen LogP contribution in [0.2, 0.25) is 0 Å². The molecule has 3 rings (SSSR count). The lowest BCUT2D eigenvalue weighted by Crippen LogP contribution is -2.11. The third kappa shape index (κ3) is 2.85. The lowest BCUT2D eigenvalue weighted by molar-refractivity contribution is 0.623. The molecule has 0 N–H and O–H groups in total. The highest BCUT2D eigenvalue weighted by Crippen LogP contribution is 2.28. The van der Waals surface area contributed by atoms with Gasteiger partial charge in [0, 0.05) is 16.8 Å². The lowest BCUT2D eigenvalue weighted by atomic mass is 10.1. The molecule has 0 aliphatic carbocycles. The monoisotopic (exact) mass is 362 g/mol. The van der Waals surface area contributed by atoms with E-state index in [9.17, 15) is 0 Å². The summed E-state index contributed by atoms with van der Waals surface area (Å²) in [6.45, 7) is 2.20. The van der Waals surface area contributed by atoms with E-state index in [4.69, 9.17) is 16.6 Å². The number of alkyl halides is 1. The fraction of sp³-hybridized carbons (Fsp3) is 0.235. The Hall–Kier alpha value is -1.32. The van der Waals surface area contributed by atoms with Crippen molar-refractivity contribution in [3.8, 4) is 0 Å². The summed E-state index contributed by atoms with van der Waals surface area (Å²) < 4.78 is 3.35. The summed E-state index contributed by atoms with van der Waals surface area (Å²) in [6, 6.07) is 16.9. The number of nitrogens with zero attached hydrogens (tertiary/aromatic N) is 2. The van der Waals surface area contributed by atoms with Gasteiger partial charge in [0.25, 0.3) is 0 Å². The normalized spacial score (nSPS) is 12.7. The van der Waals surface area contributed by atoms with Gasteiger partial charge >= 0.3 is 0 Å². The molecule has 4 heteroatoms. The zero-order chi connectivity index (χ0) is 14.8. The van der Waals surface area contributed by atoms with Gasteiger partial charge in [-0.1, -0.05) is 46.3 Å². The van der Waals surface area contributed by atoms with Crippen LogP contribution in [0.25, 0.3) is 11.0 Å². The molecule has 108 valence electrons. The standard InChI is InChI=1S/C17H16BrClN2/c1-12(13-5-3-2-4-6-13)21-16-11-14(18)7-8-15(16)20-17(21)9-10-19/h2-8,11-12H,9-10H2,1H3. The molecule has 0 saturated heterocycles. The summed E-state index contributed by atoms with van der Waals surface area (Å²) in [5.41, 5.74) is 3.43. The van der Waals surface area contributed by atoms with Crippen molar-refractivity contribution < 1.29 is 0 Å². The van der Waals surface area contributed by atoms with Crippen molar-refractivity contribution >= 4 is 38.6 Å². The van der Waals surface area contributed by atoms with Crippen LogP contribution in [-0.4, -0.2) is 15.4 Å². The van der Waals surface area contributed by atoms with Gasteiger partial charge in [-0.05, 0) is 30.7 Å². The Morgan fingerprint density at radius 1 is 1.19 bits per heavy atom. The number of fused-ring (bicyclic) bond motifs is 1. The van der Waals surface area contributed by atoms with E-state index in [-0.39, 0.29) is 6.04 Å². The van der Waals surface area contributed by atoms with Gasteiger partial charge in [0.15, 0.2) is 0 Å². The van der Waals surface area contributed by atoms with Crippen LogP contribution in [0.1, 0.15) is 24.4 Å². The maximum absolute atomic E-state index is 5.95. The smallest absolute Gasteiger partial charge is 0.111 e. The lowest BCUT2D eigenvalue weighted by Gasteiger charge is -2.18. The number of aryl methyl sites for hydroxylation is 1. The van der Waals surface area contributed by atoms with Gasteiger partial charge in [-0.15, -0.1) is 11.6 Å². The fourth-order valence-corrected chi connectivity index (χ4v) is 3.21. The average molecular weight is 364 g/mol. The largest absolute Gasteiger partial charge is 0.321 e. The van der Waals surface area contributed by atoms with Crippen molar-refractivity contribution in [3.63, 3.8) is 0 Å². The Kier molecular flexibility index (Phi) is 4.32. The predicted molar refractivity (Wildman–Crippen MR) is 92.1 cm³/mol. The van der Waals surface area contributed by atoms with Crippen molar-refractivity contribution in [3.05, 3.63) is 64.4 Å². The molecule has 1 unspecified atom stereocenters. The van der Waals surface area contributed by atoms with E-state index in [0.29, 0.717) is 5.88 Å². The van der Waals surface area contributed by atoms with Crippen molar-refractivity contribution in [1.29, 1.82) is 0 Å². The molecule has 1 aromatic heterocycles. The second-order valence-corrected chi connectivity index (χ2v) is 6.35. The van der Waals surface area contributed by atoms with Crippen molar-refractivity contribution in [1.82, 2.24) is 9.55 Å². The Morgan fingerprint density at radius 3 is 2.67 bits per heavy atom. The van der Waals surface area contributed by atoms with Gasteiger partial charge in [-0.3, -0.25) is 0 Å². The van der Waals surface area contributed by atoms with E-state index >= 15 is 0 Å². The molecule has 1 atom stereocenters. The fourth-order valence-electron chi connectivity index (χ4n) is 2.69. The highest BCUT2D eigenvalue weighted by molar-refractivity contribution is 9.10. The molecule has 2 nitrogen and oxygen atoms in total. The molecule has 3 aromatic rings. The summed E-state index contributed by atoms with van der Waals surface area (Å²) >= 11 is 9.51. The van der Waals surface area contributed by atoms with Gasteiger partial charge in [-0.2, -0.15) is 0 Å². The van der Waals surface area contributed by atoms with Crippen LogP contribution in [0.4, 0.5) is 0 Å². The molecule has 0 fully saturated rings. The number of halogens is 2. The highest BCUT2D eigenvalue weighted by atomic mass is 79.9. The Labute approximate surface area is 137 Å². The topological polar surface area (TPSA) is 17.8 Å². The number of hydrogen-bond acceptors (Lipinski definition) is 1. The second-order valence-electron chi connectivity index (χ2n) is 5.06. The van der Waals surface area contributed by atoms with Crippen LogP contribution in [-0.2, 0) is 6.42 Å². The Balaban J connectivity index is 2.18. The minimum atomic E-state index is 0.226. The van der Waals surface area contributed by atoms with Crippen molar-refractivity contribution in [2.75, 3.05) is 5.88 Å². The molecule has 0 aliphatic rings. The minimum absolute atomic E-state index is 0.226. The third-order valence-electron chi connectivity index (χ3n) is 3.71. The van der Waals surface area contributed by atoms with Gasteiger partial charge in [0.05, 0.1) is 17.1 Å². The predicted octanol–water partition coefficient (Wildman–Crippen LogP) is 5.19. The third-order valence-corrected chi connectivity index (χ3v) is 4.39. The number of imidazole rings is 1. The van der Waals surface area contributed by atoms with Crippen LogP contribution in [0.3, 0.4) is 0 Å². The summed E-state index contributed by atoms with van der Waals surface area (Å²) in [5.74, 6) is 1.61. The van der Waals surface area contributed by atoms with Crippen LogP contribution < -0.4 is 0 Å². The summed E-state index contributed by atoms with van der Waals surface area (Å²) in [5, 5.41) is 0. The van der Waals surface area contributed by atoms with Crippen molar-refractivity contribution in [2.24, 2.45) is 0 Å². The van der Waals surface area contributed by atoms with Crippen LogP contribution in [0.5, 0.6) is 0 Å². The number of hydrogen-bond donors (Lipinski definition) is 0. The van der Waals surface area contributed by atoms with Gasteiger partial charge in [-0.25, -0.2) is 4.98 Å². The van der Waals surface area contributed by atoms with Crippen LogP contribution in [0, 0.1) is 0 Å². The molecule has 0 amide bonds. The van der Waals surface area contributed by atoms with E-state index in [0.717, 1.165) is 27.8 Å². The van der Waals surface area contributed by atoms with Crippen LogP contribution in [0.15, 0.2) is 53.0 Å². The van der Waals surface area contributed by atoms with E-state index < -0.39 is 0 Å². The molecule has 2 aromatic carbocycles. The molecule has 21 heavy (non-hydrogen) atoms. The quantitative estimate of drug-likeness (QED) is 0.583. The molecule has 0 aliphatic heterocycles.